The first kappa shape index (κ1) is 30.5. The van der Waals surface area contributed by atoms with E-state index in [2.05, 4.69) is 13.8 Å². The molecule has 8 heteroatoms. The van der Waals surface area contributed by atoms with Crippen LogP contribution >= 0.6 is 0 Å². The molecule has 0 spiro atoms. The lowest BCUT2D eigenvalue weighted by atomic mass is 9.67. The molecule has 4 unspecified atom stereocenters. The summed E-state index contributed by atoms with van der Waals surface area (Å²) in [5.41, 5.74) is 0.123. The van der Waals surface area contributed by atoms with Crippen LogP contribution in [0.2, 0.25) is 0 Å². The summed E-state index contributed by atoms with van der Waals surface area (Å²) in [5, 5.41) is 20.3. The molecule has 1 aromatic rings. The highest BCUT2D eigenvalue weighted by molar-refractivity contribution is 5.96. The first-order valence-corrected chi connectivity index (χ1v) is 14.0. The zero-order valence-electron chi connectivity index (χ0n) is 23.9. The van der Waals surface area contributed by atoms with E-state index in [4.69, 9.17) is 18.9 Å². The van der Waals surface area contributed by atoms with Gasteiger partial charge in [0.15, 0.2) is 0 Å². The summed E-state index contributed by atoms with van der Waals surface area (Å²) in [7, 11) is 0. The summed E-state index contributed by atoms with van der Waals surface area (Å²) in [6.45, 7) is 14.5. The minimum Gasteiger partial charge on any atom is -0.478 e. The predicted octanol–water partition coefficient (Wildman–Crippen LogP) is 5.59. The van der Waals surface area contributed by atoms with Crippen LogP contribution in [0.5, 0.6) is 0 Å². The topological polar surface area (TPSA) is 118 Å². The summed E-state index contributed by atoms with van der Waals surface area (Å²) >= 11 is 0. The Morgan fingerprint density at radius 3 is 1.42 bits per heavy atom. The van der Waals surface area contributed by atoms with Crippen molar-refractivity contribution < 1.29 is 38.7 Å². The van der Waals surface area contributed by atoms with Gasteiger partial charge in [0, 0.05) is 26.1 Å². The maximum Gasteiger partial charge on any atom is 0.335 e. The van der Waals surface area contributed by atoms with Gasteiger partial charge in [-0.2, -0.15) is 0 Å². The normalized spacial score (nSPS) is 20.7. The van der Waals surface area contributed by atoms with Gasteiger partial charge in [-0.15, -0.1) is 0 Å². The van der Waals surface area contributed by atoms with Crippen molar-refractivity contribution in [2.45, 2.75) is 115 Å². The molecule has 4 atom stereocenters. The average Bonchev–Trinajstić information content (AvgIpc) is 3.78. The fourth-order valence-corrected chi connectivity index (χ4v) is 5.28. The molecule has 2 heterocycles. The van der Waals surface area contributed by atoms with E-state index in [-0.39, 0.29) is 35.5 Å². The Bertz CT molecular complexity index is 884. The van der Waals surface area contributed by atoms with Crippen LogP contribution in [0.25, 0.3) is 0 Å². The maximum atomic E-state index is 12.4. The molecule has 0 bridgehead atoms. The van der Waals surface area contributed by atoms with Crippen molar-refractivity contribution in [3.63, 3.8) is 0 Å². The molecule has 0 saturated carbocycles. The molecule has 0 radical (unpaired) electrons. The van der Waals surface area contributed by atoms with Crippen LogP contribution < -0.4 is 0 Å². The quantitative estimate of drug-likeness (QED) is 0.234. The van der Waals surface area contributed by atoms with Gasteiger partial charge in [-0.1, -0.05) is 41.5 Å². The number of carbonyl (C=O) groups is 2. The predicted molar refractivity (Wildman–Crippen MR) is 144 cm³/mol. The second-order valence-corrected chi connectivity index (χ2v) is 12.0. The fourth-order valence-electron chi connectivity index (χ4n) is 5.28. The molecule has 2 aliphatic rings. The zero-order valence-corrected chi connectivity index (χ0v) is 23.9. The van der Waals surface area contributed by atoms with Crippen molar-refractivity contribution in [3.05, 3.63) is 34.4 Å². The van der Waals surface area contributed by atoms with E-state index < -0.39 is 22.8 Å². The molecule has 2 fully saturated rings. The highest BCUT2D eigenvalue weighted by atomic mass is 16.6. The Balaban J connectivity index is 1.87. The van der Waals surface area contributed by atoms with Crippen LogP contribution in [0.3, 0.4) is 0 Å². The number of benzene rings is 1. The van der Waals surface area contributed by atoms with E-state index in [1.165, 1.54) is 12.1 Å². The van der Waals surface area contributed by atoms with Gasteiger partial charge in [0.1, 0.15) is 0 Å². The van der Waals surface area contributed by atoms with Gasteiger partial charge < -0.3 is 29.2 Å². The number of carboxylic acids is 2. The van der Waals surface area contributed by atoms with Gasteiger partial charge in [0.2, 0.25) is 0 Å². The van der Waals surface area contributed by atoms with E-state index in [0.29, 0.717) is 37.2 Å². The standard InChI is InChI=1S/C30H46O8/c1-7-19(15-21-17-37-21)35-13-11-29(3,4)25-23(27(31)32)9-10-24(28(33)34)26(25)30(5,6)12-14-36-20(8-2)16-22-18-38-22/h9-10,19-22H,7-8,11-18H2,1-6H3,(H,31,32)(H,33,34). The van der Waals surface area contributed by atoms with Crippen molar-refractivity contribution in [2.75, 3.05) is 26.4 Å². The summed E-state index contributed by atoms with van der Waals surface area (Å²) in [4.78, 5) is 24.8. The largest absolute Gasteiger partial charge is 0.478 e. The third-order valence-corrected chi connectivity index (χ3v) is 7.95. The number of epoxide rings is 2. The highest BCUT2D eigenvalue weighted by Gasteiger charge is 2.38. The maximum absolute atomic E-state index is 12.4. The van der Waals surface area contributed by atoms with Crippen LogP contribution in [-0.2, 0) is 29.8 Å². The molecule has 214 valence electrons. The SMILES string of the molecule is CCC(CC1CO1)OCCC(C)(C)c1c(C(=O)O)ccc(C(=O)O)c1C(C)(C)CCOC(CC)CC1CO1. The first-order valence-electron chi connectivity index (χ1n) is 14.0. The van der Waals surface area contributed by atoms with Crippen LogP contribution in [0.1, 0.15) is 112 Å². The second kappa shape index (κ2) is 12.9. The van der Waals surface area contributed by atoms with Gasteiger partial charge in [0.05, 0.1) is 48.8 Å². The van der Waals surface area contributed by atoms with Crippen LogP contribution in [0.4, 0.5) is 0 Å². The molecule has 0 aromatic heterocycles. The number of carboxylic acid groups (broad SMARTS) is 2. The van der Waals surface area contributed by atoms with E-state index in [9.17, 15) is 19.8 Å². The molecule has 2 aliphatic heterocycles. The molecule has 3 rings (SSSR count). The Morgan fingerprint density at radius 2 is 1.16 bits per heavy atom. The third kappa shape index (κ3) is 8.25. The summed E-state index contributed by atoms with van der Waals surface area (Å²) in [6.07, 6.45) is 5.29. The fraction of sp³-hybridized carbons (Fsp3) is 0.733. The number of ether oxygens (including phenoxy) is 4. The smallest absolute Gasteiger partial charge is 0.335 e. The Hall–Kier alpha value is -2.00. The number of hydrogen-bond acceptors (Lipinski definition) is 6. The van der Waals surface area contributed by atoms with Gasteiger partial charge in [-0.05, 0) is 59.8 Å². The molecule has 8 nitrogen and oxygen atoms in total. The molecular formula is C30H46O8. The minimum atomic E-state index is -1.06. The highest BCUT2D eigenvalue weighted by Crippen LogP contribution is 2.42. The molecule has 38 heavy (non-hydrogen) atoms. The van der Waals surface area contributed by atoms with Gasteiger partial charge in [0.25, 0.3) is 0 Å². The zero-order chi connectivity index (χ0) is 28.1. The molecular weight excluding hydrogens is 488 g/mol. The summed E-state index contributed by atoms with van der Waals surface area (Å²) in [5.74, 6) is -2.13. The monoisotopic (exact) mass is 534 g/mol. The van der Waals surface area contributed by atoms with Crippen LogP contribution in [0.15, 0.2) is 12.1 Å². The van der Waals surface area contributed by atoms with Crippen LogP contribution in [-0.4, -0.2) is 73.0 Å². The van der Waals surface area contributed by atoms with E-state index in [0.717, 1.165) is 38.9 Å². The van der Waals surface area contributed by atoms with Crippen molar-refractivity contribution in [1.29, 1.82) is 0 Å². The molecule has 2 N–H and O–H groups in total. The van der Waals surface area contributed by atoms with E-state index in [1.54, 1.807) is 0 Å². The number of aromatic carboxylic acids is 2. The molecule has 2 saturated heterocycles. The lowest BCUT2D eigenvalue weighted by Gasteiger charge is -2.37. The second-order valence-electron chi connectivity index (χ2n) is 12.0. The number of hydrogen-bond donors (Lipinski definition) is 2. The Kier molecular flexibility index (Phi) is 10.4. The third-order valence-electron chi connectivity index (χ3n) is 7.95. The average molecular weight is 535 g/mol. The minimum absolute atomic E-state index is 0.0863. The Morgan fingerprint density at radius 1 is 0.816 bits per heavy atom. The Labute approximate surface area is 227 Å². The summed E-state index contributed by atoms with van der Waals surface area (Å²) in [6, 6.07) is 2.86. The summed E-state index contributed by atoms with van der Waals surface area (Å²) < 4.78 is 23.0. The molecule has 1 aromatic carbocycles. The van der Waals surface area contributed by atoms with Gasteiger partial charge in [-0.3, -0.25) is 0 Å². The number of rotatable bonds is 18. The van der Waals surface area contributed by atoms with Crippen molar-refractivity contribution in [3.8, 4) is 0 Å². The van der Waals surface area contributed by atoms with E-state index in [1.807, 2.05) is 27.7 Å². The molecule has 0 amide bonds. The lowest BCUT2D eigenvalue weighted by Crippen LogP contribution is -2.33. The van der Waals surface area contributed by atoms with Gasteiger partial charge in [-0.25, -0.2) is 9.59 Å². The lowest BCUT2D eigenvalue weighted by molar-refractivity contribution is 0.0290. The molecule has 0 aliphatic carbocycles. The van der Waals surface area contributed by atoms with Crippen LogP contribution in [0, 0.1) is 0 Å². The van der Waals surface area contributed by atoms with Crippen molar-refractivity contribution in [1.82, 2.24) is 0 Å². The van der Waals surface area contributed by atoms with Crippen molar-refractivity contribution >= 4 is 11.9 Å². The van der Waals surface area contributed by atoms with Gasteiger partial charge >= 0.3 is 11.9 Å². The first-order chi connectivity index (χ1) is 17.9. The van der Waals surface area contributed by atoms with Crippen molar-refractivity contribution in [2.24, 2.45) is 0 Å². The van der Waals surface area contributed by atoms with E-state index >= 15 is 0 Å².